The van der Waals surface area contributed by atoms with Crippen LogP contribution < -0.4 is 10.1 Å². The number of nitrogens with zero attached hydrogens (tertiary/aromatic N) is 2. The first-order chi connectivity index (χ1) is 17.9. The van der Waals surface area contributed by atoms with E-state index in [1.165, 1.54) is 0 Å². The van der Waals surface area contributed by atoms with E-state index in [1.54, 1.807) is 20.0 Å². The quantitative estimate of drug-likeness (QED) is 0.354. The van der Waals surface area contributed by atoms with E-state index in [9.17, 15) is 5.11 Å². The summed E-state index contributed by atoms with van der Waals surface area (Å²) in [6, 6.07) is 26.1. The first kappa shape index (κ1) is 22.8. The molecule has 0 radical (unpaired) electrons. The molecule has 3 aromatic carbocycles. The number of aromatic nitrogens is 1. The van der Waals surface area contributed by atoms with Gasteiger partial charge in [0.25, 0.3) is 6.02 Å². The smallest absolute Gasteiger partial charge is 0.290 e. The van der Waals surface area contributed by atoms with Crippen LogP contribution in [0.1, 0.15) is 30.5 Å². The molecule has 6 heteroatoms. The summed E-state index contributed by atoms with van der Waals surface area (Å²) < 4.78 is 12.5. The molecule has 0 bridgehead atoms. The number of rotatable bonds is 2. The van der Waals surface area contributed by atoms with Crippen molar-refractivity contribution in [1.29, 1.82) is 0 Å². The van der Waals surface area contributed by atoms with E-state index in [1.807, 2.05) is 79.0 Å². The minimum absolute atomic E-state index is 0.296. The molecule has 182 valence electrons. The largest absolute Gasteiger partial charge is 0.462 e. The molecule has 6 nitrogen and oxygen atoms in total. The van der Waals surface area contributed by atoms with Gasteiger partial charge in [-0.15, -0.1) is 0 Å². The highest BCUT2D eigenvalue weighted by Crippen LogP contribution is 2.52. The second-order valence-electron chi connectivity index (χ2n) is 9.63. The Labute approximate surface area is 215 Å². The first-order valence-electron chi connectivity index (χ1n) is 12.1. The number of para-hydroxylation sites is 1. The zero-order chi connectivity index (χ0) is 25.5. The minimum Gasteiger partial charge on any atom is -0.462 e. The Morgan fingerprint density at radius 3 is 2.46 bits per heavy atom. The molecule has 1 unspecified atom stereocenters. The van der Waals surface area contributed by atoms with Crippen LogP contribution in [0.3, 0.4) is 0 Å². The van der Waals surface area contributed by atoms with Gasteiger partial charge in [0.15, 0.2) is 5.54 Å². The summed E-state index contributed by atoms with van der Waals surface area (Å²) in [5, 5.41) is 13.4. The fourth-order valence-electron chi connectivity index (χ4n) is 4.56. The molecule has 6 rings (SSSR count). The number of anilines is 1. The topological polar surface area (TPSA) is 76.0 Å². The number of aliphatic imine (C=N–C) groups is 1. The van der Waals surface area contributed by atoms with Crippen molar-refractivity contribution in [3.63, 3.8) is 0 Å². The van der Waals surface area contributed by atoms with Crippen LogP contribution in [0.2, 0.25) is 0 Å². The third-order valence-corrected chi connectivity index (χ3v) is 6.31. The Morgan fingerprint density at radius 2 is 1.70 bits per heavy atom. The maximum Gasteiger partial charge on any atom is 0.290 e. The van der Waals surface area contributed by atoms with E-state index in [2.05, 4.69) is 28.2 Å². The summed E-state index contributed by atoms with van der Waals surface area (Å²) in [6.07, 6.45) is 3.60. The highest BCUT2D eigenvalue weighted by Gasteiger charge is 2.47. The van der Waals surface area contributed by atoms with E-state index in [-0.39, 0.29) is 0 Å². The van der Waals surface area contributed by atoms with Gasteiger partial charge in [-0.3, -0.25) is 4.98 Å². The highest BCUT2D eigenvalue weighted by atomic mass is 16.5. The number of nitrogens with one attached hydrogen (secondary N) is 1. The van der Waals surface area contributed by atoms with Crippen molar-refractivity contribution in [3.8, 4) is 34.5 Å². The Kier molecular flexibility index (Phi) is 5.44. The normalized spacial score (nSPS) is 17.4. The van der Waals surface area contributed by atoms with Gasteiger partial charge in [0.2, 0.25) is 0 Å². The van der Waals surface area contributed by atoms with Gasteiger partial charge in [0.05, 0.1) is 0 Å². The number of hydrogen-bond donors (Lipinski definition) is 2. The van der Waals surface area contributed by atoms with Crippen molar-refractivity contribution >= 4 is 11.7 Å². The zero-order valence-electron chi connectivity index (χ0n) is 20.5. The van der Waals surface area contributed by atoms with Gasteiger partial charge < -0.3 is 19.9 Å². The average Bonchev–Trinajstić information content (AvgIpc) is 3.32. The van der Waals surface area contributed by atoms with Gasteiger partial charge >= 0.3 is 0 Å². The van der Waals surface area contributed by atoms with Gasteiger partial charge in [-0.05, 0) is 67.9 Å². The number of fused-ring (bicyclic) bond motifs is 4. The van der Waals surface area contributed by atoms with E-state index in [4.69, 9.17) is 14.5 Å². The van der Waals surface area contributed by atoms with Gasteiger partial charge in [-0.25, -0.2) is 4.99 Å². The number of pyridine rings is 1. The molecule has 2 aliphatic heterocycles. The van der Waals surface area contributed by atoms with Crippen LogP contribution in [0, 0.1) is 11.8 Å². The monoisotopic (exact) mass is 487 g/mol. The van der Waals surface area contributed by atoms with Gasteiger partial charge in [0.1, 0.15) is 23.7 Å². The maximum absolute atomic E-state index is 10.1. The molecule has 1 spiro atoms. The van der Waals surface area contributed by atoms with Crippen molar-refractivity contribution in [2.24, 2.45) is 4.99 Å². The molecule has 37 heavy (non-hydrogen) atoms. The Bertz CT molecular complexity index is 1560. The van der Waals surface area contributed by atoms with Crippen LogP contribution in [0.15, 0.2) is 96.2 Å². The van der Waals surface area contributed by atoms with Crippen LogP contribution in [-0.2, 0) is 10.3 Å². The molecule has 3 heterocycles. The third-order valence-electron chi connectivity index (χ3n) is 6.31. The van der Waals surface area contributed by atoms with Gasteiger partial charge in [-0.2, -0.15) is 0 Å². The minimum atomic E-state index is -1.10. The number of aliphatic hydroxyl groups is 1. The summed E-state index contributed by atoms with van der Waals surface area (Å²) in [5.41, 5.74) is 3.48. The molecule has 0 fully saturated rings. The lowest BCUT2D eigenvalue weighted by Crippen LogP contribution is -2.31. The van der Waals surface area contributed by atoms with Crippen LogP contribution in [0.4, 0.5) is 5.69 Å². The Morgan fingerprint density at radius 1 is 0.919 bits per heavy atom. The lowest BCUT2D eigenvalue weighted by Gasteiger charge is -2.33. The predicted molar refractivity (Wildman–Crippen MR) is 144 cm³/mol. The summed E-state index contributed by atoms with van der Waals surface area (Å²) in [6.45, 7) is 3.62. The zero-order valence-corrected chi connectivity index (χ0v) is 20.5. The van der Waals surface area contributed by atoms with Crippen molar-refractivity contribution in [1.82, 2.24) is 4.98 Å². The number of ether oxygens (including phenoxy) is 2. The second-order valence-corrected chi connectivity index (χ2v) is 9.63. The van der Waals surface area contributed by atoms with Crippen molar-refractivity contribution in [2.45, 2.75) is 25.0 Å². The highest BCUT2D eigenvalue weighted by molar-refractivity contribution is 5.91. The van der Waals surface area contributed by atoms with E-state index >= 15 is 0 Å². The second kappa shape index (κ2) is 8.81. The molecule has 2 aliphatic rings. The Balaban J connectivity index is 1.51. The molecule has 0 aliphatic carbocycles. The first-order valence-corrected chi connectivity index (χ1v) is 12.1. The molecule has 0 saturated heterocycles. The SMILES string of the molecule is CC(C)(O)C#Cc1ccc2c(c1)C1(COC(Nc3ccccc3)=N1)c1cc(-c3cccnc3)ccc1O2. The van der Waals surface area contributed by atoms with Gasteiger partial charge in [-0.1, -0.05) is 42.2 Å². The summed E-state index contributed by atoms with van der Waals surface area (Å²) in [4.78, 5) is 9.41. The van der Waals surface area contributed by atoms with E-state index in [0.29, 0.717) is 18.4 Å². The molecule has 1 atom stereocenters. The molecule has 1 aromatic heterocycles. The Hall–Kier alpha value is -4.60. The van der Waals surface area contributed by atoms with Crippen molar-refractivity contribution < 1.29 is 14.6 Å². The number of benzene rings is 3. The van der Waals surface area contributed by atoms with Crippen LogP contribution in [0.5, 0.6) is 11.5 Å². The predicted octanol–water partition coefficient (Wildman–Crippen LogP) is 5.72. The lowest BCUT2D eigenvalue weighted by atomic mass is 9.80. The maximum atomic E-state index is 10.1. The average molecular weight is 488 g/mol. The fraction of sp³-hybridized carbons (Fsp3) is 0.161. The molecule has 4 aromatic rings. The van der Waals surface area contributed by atoms with Crippen molar-refractivity contribution in [2.75, 3.05) is 11.9 Å². The van der Waals surface area contributed by atoms with Crippen LogP contribution in [-0.4, -0.2) is 28.3 Å². The molecule has 2 N–H and O–H groups in total. The lowest BCUT2D eigenvalue weighted by molar-refractivity contribution is 0.143. The number of amidine groups is 1. The van der Waals surface area contributed by atoms with E-state index in [0.717, 1.165) is 39.3 Å². The standard InChI is InChI=1S/C31H25N3O3/c1-30(2,35)15-14-21-10-12-27-25(17-21)31(20-36-29(34-31)33-24-8-4-3-5-9-24)26-18-22(11-13-28(26)37-27)23-7-6-16-32-19-23/h3-13,16-19,35H,20H2,1-2H3,(H,33,34). The molecule has 0 saturated carbocycles. The van der Waals surface area contributed by atoms with Crippen molar-refractivity contribution in [3.05, 3.63) is 108 Å². The summed E-state index contributed by atoms with van der Waals surface area (Å²) in [7, 11) is 0. The van der Waals surface area contributed by atoms with Crippen LogP contribution >= 0.6 is 0 Å². The summed E-state index contributed by atoms with van der Waals surface area (Å²) >= 11 is 0. The molecule has 0 amide bonds. The number of hydrogen-bond acceptors (Lipinski definition) is 6. The fourth-order valence-corrected chi connectivity index (χ4v) is 4.56. The van der Waals surface area contributed by atoms with Gasteiger partial charge in [0, 0.05) is 40.3 Å². The third kappa shape index (κ3) is 4.42. The molecular weight excluding hydrogens is 462 g/mol. The van der Waals surface area contributed by atoms with E-state index < -0.39 is 11.1 Å². The summed E-state index contributed by atoms with van der Waals surface area (Å²) in [5.74, 6) is 7.40. The van der Waals surface area contributed by atoms with Crippen LogP contribution in [0.25, 0.3) is 11.1 Å². The molecular formula is C31H25N3O3.